The number of hydrogen-bond donors (Lipinski definition) is 1. The molecule has 0 atom stereocenters. The molecule has 0 radical (unpaired) electrons. The zero-order chi connectivity index (χ0) is 9.19. The first kappa shape index (κ1) is 8.84. The summed E-state index contributed by atoms with van der Waals surface area (Å²) in [6.45, 7) is 3.97. The standard InChI is InChI=1S/C9H13NO2/c1-9(2)4-5-10-8(11)6-7(9)12-3/h4-6H,1-3H3,(H,10,11). The van der Waals surface area contributed by atoms with E-state index in [1.165, 1.54) is 6.08 Å². The second-order valence-corrected chi connectivity index (χ2v) is 3.28. The van der Waals surface area contributed by atoms with Gasteiger partial charge in [0.25, 0.3) is 5.91 Å². The lowest BCUT2D eigenvalue weighted by atomic mass is 9.91. The summed E-state index contributed by atoms with van der Waals surface area (Å²) < 4.78 is 5.11. The smallest absolute Gasteiger partial charge is 0.251 e. The van der Waals surface area contributed by atoms with Crippen molar-refractivity contribution in [3.05, 3.63) is 24.1 Å². The number of carbonyl (C=O) groups is 1. The van der Waals surface area contributed by atoms with Crippen LogP contribution in [0.1, 0.15) is 13.8 Å². The van der Waals surface area contributed by atoms with Gasteiger partial charge in [0, 0.05) is 17.7 Å². The molecule has 0 aromatic rings. The van der Waals surface area contributed by atoms with Crippen LogP contribution in [-0.2, 0) is 9.53 Å². The number of rotatable bonds is 1. The maximum atomic E-state index is 11.0. The summed E-state index contributed by atoms with van der Waals surface area (Å²) in [7, 11) is 1.57. The van der Waals surface area contributed by atoms with Crippen LogP contribution in [0.2, 0.25) is 0 Å². The van der Waals surface area contributed by atoms with E-state index < -0.39 is 0 Å². The third-order valence-electron chi connectivity index (χ3n) is 1.84. The highest BCUT2D eigenvalue weighted by atomic mass is 16.5. The second-order valence-electron chi connectivity index (χ2n) is 3.28. The van der Waals surface area contributed by atoms with Crippen LogP contribution in [0.15, 0.2) is 24.1 Å². The van der Waals surface area contributed by atoms with Gasteiger partial charge in [-0.25, -0.2) is 0 Å². The minimum absolute atomic E-state index is 0.145. The van der Waals surface area contributed by atoms with Crippen molar-refractivity contribution in [1.82, 2.24) is 5.32 Å². The van der Waals surface area contributed by atoms with Gasteiger partial charge in [0.1, 0.15) is 5.76 Å². The number of methoxy groups -OCH3 is 1. The highest BCUT2D eigenvalue weighted by molar-refractivity contribution is 5.89. The predicted molar refractivity (Wildman–Crippen MR) is 46.2 cm³/mol. The van der Waals surface area contributed by atoms with E-state index in [1.54, 1.807) is 13.3 Å². The molecule has 0 unspecified atom stereocenters. The zero-order valence-electron chi connectivity index (χ0n) is 7.55. The number of carbonyl (C=O) groups excluding carboxylic acids is 1. The molecule has 0 aliphatic carbocycles. The van der Waals surface area contributed by atoms with Crippen LogP contribution in [0.25, 0.3) is 0 Å². The average Bonchev–Trinajstić information content (AvgIpc) is 2.10. The number of hydrogen-bond acceptors (Lipinski definition) is 2. The van der Waals surface area contributed by atoms with E-state index in [2.05, 4.69) is 5.32 Å². The highest BCUT2D eigenvalue weighted by Gasteiger charge is 2.23. The van der Waals surface area contributed by atoms with Crippen molar-refractivity contribution >= 4 is 5.91 Å². The van der Waals surface area contributed by atoms with E-state index in [-0.39, 0.29) is 11.3 Å². The molecule has 1 aliphatic heterocycles. The van der Waals surface area contributed by atoms with Crippen LogP contribution in [-0.4, -0.2) is 13.0 Å². The molecule has 0 bridgehead atoms. The van der Waals surface area contributed by atoms with Crippen LogP contribution in [0.5, 0.6) is 0 Å². The largest absolute Gasteiger partial charge is 0.500 e. The predicted octanol–water partition coefficient (Wildman–Crippen LogP) is 1.19. The fourth-order valence-electron chi connectivity index (χ4n) is 1.08. The second kappa shape index (κ2) is 3.01. The Kier molecular flexibility index (Phi) is 2.22. The van der Waals surface area contributed by atoms with E-state index >= 15 is 0 Å². The lowest BCUT2D eigenvalue weighted by Crippen LogP contribution is -2.14. The maximum Gasteiger partial charge on any atom is 0.251 e. The minimum atomic E-state index is -0.214. The molecule has 1 aliphatic rings. The quantitative estimate of drug-likeness (QED) is 0.637. The third kappa shape index (κ3) is 1.67. The Morgan fingerprint density at radius 1 is 1.50 bits per heavy atom. The maximum absolute atomic E-state index is 11.0. The minimum Gasteiger partial charge on any atom is -0.500 e. The Balaban J connectivity index is 3.02. The molecule has 0 saturated heterocycles. The summed E-state index contributed by atoms with van der Waals surface area (Å²) >= 11 is 0. The molecular weight excluding hydrogens is 154 g/mol. The van der Waals surface area contributed by atoms with Crippen LogP contribution >= 0.6 is 0 Å². The van der Waals surface area contributed by atoms with Crippen LogP contribution in [0, 0.1) is 5.41 Å². The van der Waals surface area contributed by atoms with Gasteiger partial charge in [0.2, 0.25) is 0 Å². The van der Waals surface area contributed by atoms with E-state index in [0.29, 0.717) is 5.76 Å². The van der Waals surface area contributed by atoms with E-state index in [4.69, 9.17) is 4.74 Å². The molecule has 1 rings (SSSR count). The van der Waals surface area contributed by atoms with Crippen molar-refractivity contribution in [2.75, 3.05) is 7.11 Å². The van der Waals surface area contributed by atoms with Crippen LogP contribution < -0.4 is 5.32 Å². The van der Waals surface area contributed by atoms with Crippen molar-refractivity contribution in [3.8, 4) is 0 Å². The van der Waals surface area contributed by atoms with Gasteiger partial charge in [0.15, 0.2) is 0 Å². The Morgan fingerprint density at radius 2 is 2.17 bits per heavy atom. The van der Waals surface area contributed by atoms with Gasteiger partial charge in [-0.1, -0.05) is 6.08 Å². The first-order valence-corrected chi connectivity index (χ1v) is 3.80. The van der Waals surface area contributed by atoms with Gasteiger partial charge in [0.05, 0.1) is 7.11 Å². The third-order valence-corrected chi connectivity index (χ3v) is 1.84. The van der Waals surface area contributed by atoms with Gasteiger partial charge in [-0.15, -0.1) is 0 Å². The molecule has 0 aromatic heterocycles. The molecule has 1 N–H and O–H groups in total. The van der Waals surface area contributed by atoms with Crippen molar-refractivity contribution < 1.29 is 9.53 Å². The first-order valence-electron chi connectivity index (χ1n) is 3.80. The molecular formula is C9H13NO2. The molecule has 0 aromatic carbocycles. The van der Waals surface area contributed by atoms with Crippen molar-refractivity contribution in [1.29, 1.82) is 0 Å². The normalized spacial score (nSPS) is 20.9. The molecule has 66 valence electrons. The lowest BCUT2D eigenvalue weighted by Gasteiger charge is -2.20. The molecule has 12 heavy (non-hydrogen) atoms. The van der Waals surface area contributed by atoms with Crippen LogP contribution in [0.4, 0.5) is 0 Å². The molecule has 3 heteroatoms. The van der Waals surface area contributed by atoms with Gasteiger partial charge in [-0.2, -0.15) is 0 Å². The number of ether oxygens (including phenoxy) is 1. The van der Waals surface area contributed by atoms with E-state index in [9.17, 15) is 4.79 Å². The topological polar surface area (TPSA) is 38.3 Å². The van der Waals surface area contributed by atoms with Crippen molar-refractivity contribution in [2.24, 2.45) is 5.41 Å². The molecule has 3 nitrogen and oxygen atoms in total. The molecule has 0 spiro atoms. The Labute approximate surface area is 72.1 Å². The van der Waals surface area contributed by atoms with Crippen molar-refractivity contribution in [3.63, 3.8) is 0 Å². The fourth-order valence-corrected chi connectivity index (χ4v) is 1.08. The first-order chi connectivity index (χ1) is 5.56. The summed E-state index contributed by atoms with van der Waals surface area (Å²) in [5.41, 5.74) is -0.214. The summed E-state index contributed by atoms with van der Waals surface area (Å²) in [4.78, 5) is 11.0. The highest BCUT2D eigenvalue weighted by Crippen LogP contribution is 2.28. The lowest BCUT2D eigenvalue weighted by molar-refractivity contribution is -0.115. The molecule has 0 fully saturated rings. The molecule has 1 heterocycles. The average molecular weight is 167 g/mol. The van der Waals surface area contributed by atoms with Gasteiger partial charge in [-0.3, -0.25) is 4.79 Å². The van der Waals surface area contributed by atoms with Crippen molar-refractivity contribution in [2.45, 2.75) is 13.8 Å². The summed E-state index contributed by atoms with van der Waals surface area (Å²) in [6, 6.07) is 0. The van der Waals surface area contributed by atoms with Gasteiger partial charge >= 0.3 is 0 Å². The number of allylic oxidation sites excluding steroid dienone is 1. The Bertz CT molecular complexity index is 251. The molecule has 1 amide bonds. The summed E-state index contributed by atoms with van der Waals surface area (Å²) in [5, 5.41) is 2.59. The van der Waals surface area contributed by atoms with Gasteiger partial charge < -0.3 is 10.1 Å². The fraction of sp³-hybridized carbons (Fsp3) is 0.444. The molecule has 0 saturated carbocycles. The number of nitrogens with one attached hydrogen (secondary N) is 1. The van der Waals surface area contributed by atoms with Gasteiger partial charge in [-0.05, 0) is 13.8 Å². The Morgan fingerprint density at radius 3 is 2.75 bits per heavy atom. The SMILES string of the molecule is COC1=CC(=O)NC=CC1(C)C. The summed E-state index contributed by atoms with van der Waals surface area (Å²) in [6.07, 6.45) is 5.01. The number of amides is 1. The summed E-state index contributed by atoms with van der Waals surface area (Å²) in [5.74, 6) is 0.530. The Hall–Kier alpha value is -1.25. The zero-order valence-corrected chi connectivity index (χ0v) is 7.55. The van der Waals surface area contributed by atoms with E-state index in [0.717, 1.165) is 0 Å². The van der Waals surface area contributed by atoms with Crippen LogP contribution in [0.3, 0.4) is 0 Å². The monoisotopic (exact) mass is 167 g/mol. The van der Waals surface area contributed by atoms with E-state index in [1.807, 2.05) is 19.9 Å².